The number of hydrogen-bond donors (Lipinski definition) is 0. The molecule has 1 aromatic rings. The maximum Gasteiger partial charge on any atom is 0.140 e. The van der Waals surface area contributed by atoms with Gasteiger partial charge in [-0.15, -0.1) is 0 Å². The summed E-state index contributed by atoms with van der Waals surface area (Å²) in [6, 6.07) is 10.2. The molecular formula is C16H24O2. The van der Waals surface area contributed by atoms with Crippen LogP contribution in [-0.2, 0) is 9.53 Å². The highest BCUT2D eigenvalue weighted by molar-refractivity contribution is 5.84. The van der Waals surface area contributed by atoms with Crippen LogP contribution in [0.5, 0.6) is 0 Å². The normalized spacial score (nSPS) is 15.2. The lowest BCUT2D eigenvalue weighted by Gasteiger charge is -2.26. The second kappa shape index (κ2) is 6.14. The topological polar surface area (TPSA) is 26.3 Å². The summed E-state index contributed by atoms with van der Waals surface area (Å²) in [5, 5.41) is 0. The molecule has 0 amide bonds. The molecule has 0 unspecified atom stereocenters. The van der Waals surface area contributed by atoms with Crippen molar-refractivity contribution in [1.82, 2.24) is 0 Å². The van der Waals surface area contributed by atoms with E-state index in [1.165, 1.54) is 5.56 Å². The summed E-state index contributed by atoms with van der Waals surface area (Å²) in [6.07, 6.45) is 0.412. The first-order valence-corrected chi connectivity index (χ1v) is 6.47. The highest BCUT2D eigenvalue weighted by atomic mass is 16.5. The molecule has 0 fully saturated rings. The molecule has 0 spiro atoms. The van der Waals surface area contributed by atoms with E-state index in [4.69, 9.17) is 4.74 Å². The summed E-state index contributed by atoms with van der Waals surface area (Å²) in [4.78, 5) is 12.1. The number of ketones is 1. The molecule has 100 valence electrons. The van der Waals surface area contributed by atoms with Gasteiger partial charge in [-0.25, -0.2) is 0 Å². The quantitative estimate of drug-likeness (QED) is 0.792. The third-order valence-corrected chi connectivity index (χ3v) is 3.41. The number of methoxy groups -OCH3 is 1. The molecule has 1 rings (SSSR count). The second-order valence-corrected chi connectivity index (χ2v) is 5.85. The van der Waals surface area contributed by atoms with Gasteiger partial charge >= 0.3 is 0 Å². The number of rotatable bonds is 5. The van der Waals surface area contributed by atoms with E-state index in [2.05, 4.69) is 19.1 Å². The monoisotopic (exact) mass is 248 g/mol. The summed E-state index contributed by atoms with van der Waals surface area (Å²) in [7, 11) is 1.68. The molecule has 0 radical (unpaired) electrons. The number of carbonyl (C=O) groups excluding carboxylic acids is 1. The molecule has 2 heteroatoms. The number of Topliss-reactive ketones (excluding diaryl/α,β-unsaturated/α-hetero) is 1. The SMILES string of the molecule is CO[C@H](CC(=O)C(C)(C)C)[C@H](C)c1ccccc1. The van der Waals surface area contributed by atoms with Crippen molar-refractivity contribution in [3.8, 4) is 0 Å². The first kappa shape index (κ1) is 14.9. The van der Waals surface area contributed by atoms with Crippen LogP contribution in [0.3, 0.4) is 0 Å². The van der Waals surface area contributed by atoms with Crippen molar-refractivity contribution in [2.75, 3.05) is 7.11 Å². The molecule has 0 heterocycles. The Morgan fingerprint density at radius 1 is 1.22 bits per heavy atom. The van der Waals surface area contributed by atoms with Gasteiger partial charge in [0, 0.05) is 24.9 Å². The molecular weight excluding hydrogens is 224 g/mol. The molecule has 0 saturated heterocycles. The van der Waals surface area contributed by atoms with Crippen molar-refractivity contribution in [2.24, 2.45) is 5.41 Å². The van der Waals surface area contributed by atoms with Crippen LogP contribution in [-0.4, -0.2) is 19.0 Å². The van der Waals surface area contributed by atoms with Gasteiger partial charge in [-0.1, -0.05) is 58.0 Å². The van der Waals surface area contributed by atoms with Crippen molar-refractivity contribution in [2.45, 2.75) is 46.1 Å². The van der Waals surface area contributed by atoms with E-state index >= 15 is 0 Å². The van der Waals surface area contributed by atoms with Crippen LogP contribution in [0.1, 0.15) is 45.6 Å². The number of carbonyl (C=O) groups is 1. The predicted molar refractivity (Wildman–Crippen MR) is 74.7 cm³/mol. The largest absolute Gasteiger partial charge is 0.380 e. The van der Waals surface area contributed by atoms with E-state index in [1.54, 1.807) is 7.11 Å². The van der Waals surface area contributed by atoms with Gasteiger partial charge in [-0.05, 0) is 5.56 Å². The van der Waals surface area contributed by atoms with Gasteiger partial charge in [-0.2, -0.15) is 0 Å². The number of hydrogen-bond acceptors (Lipinski definition) is 2. The minimum atomic E-state index is -0.298. The predicted octanol–water partition coefficient (Wildman–Crippen LogP) is 3.81. The molecule has 0 N–H and O–H groups in total. The molecule has 1 aromatic carbocycles. The first-order chi connectivity index (χ1) is 8.36. The van der Waals surface area contributed by atoms with Gasteiger partial charge in [0.1, 0.15) is 5.78 Å². The fraction of sp³-hybridized carbons (Fsp3) is 0.562. The van der Waals surface area contributed by atoms with Crippen molar-refractivity contribution in [3.63, 3.8) is 0 Å². The van der Waals surface area contributed by atoms with Gasteiger partial charge < -0.3 is 4.74 Å². The lowest BCUT2D eigenvalue weighted by atomic mass is 9.84. The summed E-state index contributed by atoms with van der Waals surface area (Å²) < 4.78 is 5.51. The lowest BCUT2D eigenvalue weighted by Crippen LogP contribution is -2.29. The molecule has 0 bridgehead atoms. The minimum Gasteiger partial charge on any atom is -0.380 e. The zero-order valence-electron chi connectivity index (χ0n) is 12.1. The van der Waals surface area contributed by atoms with E-state index < -0.39 is 0 Å². The Morgan fingerprint density at radius 3 is 2.22 bits per heavy atom. The molecule has 0 aliphatic heterocycles. The molecule has 0 saturated carbocycles. The molecule has 0 aromatic heterocycles. The van der Waals surface area contributed by atoms with E-state index in [0.717, 1.165) is 0 Å². The Morgan fingerprint density at radius 2 is 1.78 bits per heavy atom. The minimum absolute atomic E-state index is 0.0564. The van der Waals surface area contributed by atoms with Crippen molar-refractivity contribution in [1.29, 1.82) is 0 Å². The Bertz CT molecular complexity index is 376. The summed E-state index contributed by atoms with van der Waals surface area (Å²) in [6.45, 7) is 7.97. The van der Waals surface area contributed by atoms with Crippen molar-refractivity contribution >= 4 is 5.78 Å². The zero-order valence-corrected chi connectivity index (χ0v) is 12.1. The highest BCUT2D eigenvalue weighted by Gasteiger charge is 2.27. The fourth-order valence-electron chi connectivity index (χ4n) is 1.92. The van der Waals surface area contributed by atoms with Gasteiger partial charge in [-0.3, -0.25) is 4.79 Å². The Labute approximate surface area is 110 Å². The van der Waals surface area contributed by atoms with E-state index in [9.17, 15) is 4.79 Å². The van der Waals surface area contributed by atoms with Crippen LogP contribution in [0, 0.1) is 5.41 Å². The average molecular weight is 248 g/mol. The van der Waals surface area contributed by atoms with Gasteiger partial charge in [0.25, 0.3) is 0 Å². The van der Waals surface area contributed by atoms with Gasteiger partial charge in [0.05, 0.1) is 6.10 Å². The average Bonchev–Trinajstić information content (AvgIpc) is 2.34. The fourth-order valence-corrected chi connectivity index (χ4v) is 1.92. The van der Waals surface area contributed by atoms with Crippen LogP contribution in [0.2, 0.25) is 0 Å². The van der Waals surface area contributed by atoms with Crippen LogP contribution in [0.15, 0.2) is 30.3 Å². The molecule has 0 aliphatic rings. The lowest BCUT2D eigenvalue weighted by molar-refractivity contribution is -0.129. The molecule has 2 atom stereocenters. The van der Waals surface area contributed by atoms with E-state index in [-0.39, 0.29) is 23.2 Å². The molecule has 2 nitrogen and oxygen atoms in total. The standard InChI is InChI=1S/C16H24O2/c1-12(13-9-7-6-8-10-13)14(18-5)11-15(17)16(2,3)4/h6-10,12,14H,11H2,1-5H3/t12-,14-/m1/s1. The second-order valence-electron chi connectivity index (χ2n) is 5.85. The number of benzene rings is 1. The van der Waals surface area contributed by atoms with Crippen LogP contribution < -0.4 is 0 Å². The van der Waals surface area contributed by atoms with Gasteiger partial charge in [0.2, 0.25) is 0 Å². The Hall–Kier alpha value is -1.15. The first-order valence-electron chi connectivity index (χ1n) is 6.47. The van der Waals surface area contributed by atoms with E-state index in [0.29, 0.717) is 6.42 Å². The highest BCUT2D eigenvalue weighted by Crippen LogP contribution is 2.26. The Kier molecular flexibility index (Phi) is 5.09. The molecule has 18 heavy (non-hydrogen) atoms. The number of ether oxygens (including phenoxy) is 1. The van der Waals surface area contributed by atoms with Crippen LogP contribution >= 0.6 is 0 Å². The molecule has 0 aliphatic carbocycles. The third kappa shape index (κ3) is 3.95. The maximum atomic E-state index is 12.1. The smallest absolute Gasteiger partial charge is 0.140 e. The Balaban J connectivity index is 2.76. The van der Waals surface area contributed by atoms with Crippen molar-refractivity contribution in [3.05, 3.63) is 35.9 Å². The van der Waals surface area contributed by atoms with Gasteiger partial charge in [0.15, 0.2) is 0 Å². The summed E-state index contributed by atoms with van der Waals surface area (Å²) in [5.74, 6) is 0.472. The summed E-state index contributed by atoms with van der Waals surface area (Å²) in [5.41, 5.74) is 0.916. The van der Waals surface area contributed by atoms with Crippen LogP contribution in [0.25, 0.3) is 0 Å². The maximum absolute atomic E-state index is 12.1. The summed E-state index contributed by atoms with van der Waals surface area (Å²) >= 11 is 0. The van der Waals surface area contributed by atoms with Crippen LogP contribution in [0.4, 0.5) is 0 Å². The van der Waals surface area contributed by atoms with E-state index in [1.807, 2.05) is 39.0 Å². The zero-order chi connectivity index (χ0) is 13.8. The van der Waals surface area contributed by atoms with Crippen molar-refractivity contribution < 1.29 is 9.53 Å². The third-order valence-electron chi connectivity index (χ3n) is 3.41.